The standard InChI is InChI=1S/C15H19NO4S/c17-15(18)14-10-11-6-4-5-9-13(11)16(14)21(19,20)12-7-2-1-3-8-12/h4-6,9,12,14H,1-3,7-8,10H2,(H,17,18). The highest BCUT2D eigenvalue weighted by atomic mass is 32.2. The molecule has 1 fully saturated rings. The number of hydrogen-bond donors (Lipinski definition) is 1. The Labute approximate surface area is 124 Å². The Morgan fingerprint density at radius 2 is 1.81 bits per heavy atom. The largest absolute Gasteiger partial charge is 0.480 e. The number of nitrogens with zero attached hydrogens (tertiary/aromatic N) is 1. The third-order valence-electron chi connectivity index (χ3n) is 4.46. The number of hydrogen-bond acceptors (Lipinski definition) is 3. The second kappa shape index (κ2) is 5.33. The molecule has 2 aliphatic rings. The van der Waals surface area contributed by atoms with E-state index in [0.717, 1.165) is 24.8 Å². The van der Waals surface area contributed by atoms with E-state index in [4.69, 9.17) is 0 Å². The highest BCUT2D eigenvalue weighted by Gasteiger charge is 2.44. The first-order valence-corrected chi connectivity index (χ1v) is 8.86. The molecule has 1 aromatic rings. The quantitative estimate of drug-likeness (QED) is 0.928. The fourth-order valence-corrected chi connectivity index (χ4v) is 5.61. The Morgan fingerprint density at radius 3 is 2.48 bits per heavy atom. The van der Waals surface area contributed by atoms with Gasteiger partial charge in [0.2, 0.25) is 10.0 Å². The first kappa shape index (κ1) is 14.4. The fraction of sp³-hybridized carbons (Fsp3) is 0.533. The summed E-state index contributed by atoms with van der Waals surface area (Å²) >= 11 is 0. The smallest absolute Gasteiger partial charge is 0.327 e. The van der Waals surface area contributed by atoms with Crippen LogP contribution in [-0.4, -0.2) is 30.8 Å². The van der Waals surface area contributed by atoms with Crippen molar-refractivity contribution in [2.75, 3.05) is 4.31 Å². The third-order valence-corrected chi connectivity index (χ3v) is 6.77. The number of carboxylic acid groups (broad SMARTS) is 1. The zero-order valence-corrected chi connectivity index (χ0v) is 12.6. The summed E-state index contributed by atoms with van der Waals surface area (Å²) in [4.78, 5) is 11.5. The SMILES string of the molecule is O=C(O)C1Cc2ccccc2N1S(=O)(=O)C1CCCCC1. The minimum Gasteiger partial charge on any atom is -0.480 e. The number of carboxylic acids is 1. The van der Waals surface area contributed by atoms with Crippen LogP contribution in [0, 0.1) is 0 Å². The average molecular weight is 309 g/mol. The van der Waals surface area contributed by atoms with Crippen molar-refractivity contribution in [3.8, 4) is 0 Å². The van der Waals surface area contributed by atoms with Gasteiger partial charge in [-0.25, -0.2) is 13.2 Å². The van der Waals surface area contributed by atoms with Crippen LogP contribution < -0.4 is 4.31 Å². The molecule has 6 heteroatoms. The fourth-order valence-electron chi connectivity index (χ4n) is 3.38. The van der Waals surface area contributed by atoms with Crippen molar-refractivity contribution in [3.05, 3.63) is 29.8 Å². The predicted octanol–water partition coefficient (Wildman–Crippen LogP) is 2.16. The van der Waals surface area contributed by atoms with Crippen LogP contribution in [0.25, 0.3) is 0 Å². The minimum atomic E-state index is -3.62. The van der Waals surface area contributed by atoms with Gasteiger partial charge in [-0.3, -0.25) is 4.31 Å². The van der Waals surface area contributed by atoms with Gasteiger partial charge in [-0.05, 0) is 24.5 Å². The van der Waals surface area contributed by atoms with Crippen molar-refractivity contribution < 1.29 is 18.3 Å². The number of benzene rings is 1. The monoisotopic (exact) mass is 309 g/mol. The van der Waals surface area contributed by atoms with Gasteiger partial charge in [-0.15, -0.1) is 0 Å². The van der Waals surface area contributed by atoms with E-state index in [9.17, 15) is 18.3 Å². The van der Waals surface area contributed by atoms with Gasteiger partial charge >= 0.3 is 5.97 Å². The molecule has 1 heterocycles. The Morgan fingerprint density at radius 1 is 1.14 bits per heavy atom. The lowest BCUT2D eigenvalue weighted by molar-refractivity contribution is -0.138. The van der Waals surface area contributed by atoms with Gasteiger partial charge in [0.1, 0.15) is 6.04 Å². The zero-order chi connectivity index (χ0) is 15.0. The molecule has 1 atom stereocenters. The molecule has 1 aliphatic heterocycles. The lowest BCUT2D eigenvalue weighted by atomic mass is 10.0. The number of carbonyl (C=O) groups is 1. The molecule has 114 valence electrons. The molecule has 1 N–H and O–H groups in total. The summed E-state index contributed by atoms with van der Waals surface area (Å²) in [5.41, 5.74) is 1.33. The van der Waals surface area contributed by atoms with Gasteiger partial charge in [0.25, 0.3) is 0 Å². The number of para-hydroxylation sites is 1. The maximum Gasteiger partial charge on any atom is 0.327 e. The summed E-state index contributed by atoms with van der Waals surface area (Å²) in [6.07, 6.45) is 4.37. The van der Waals surface area contributed by atoms with E-state index in [2.05, 4.69) is 0 Å². The van der Waals surface area contributed by atoms with Crippen LogP contribution in [-0.2, 0) is 21.2 Å². The van der Waals surface area contributed by atoms with Crippen LogP contribution in [0.15, 0.2) is 24.3 Å². The third kappa shape index (κ3) is 2.41. The van der Waals surface area contributed by atoms with Crippen molar-refractivity contribution >= 4 is 21.7 Å². The zero-order valence-electron chi connectivity index (χ0n) is 11.7. The van der Waals surface area contributed by atoms with E-state index in [0.29, 0.717) is 18.5 Å². The van der Waals surface area contributed by atoms with Gasteiger partial charge < -0.3 is 5.11 Å². The summed E-state index contributed by atoms with van der Waals surface area (Å²) in [5.74, 6) is -1.08. The number of rotatable bonds is 3. The van der Waals surface area contributed by atoms with Crippen molar-refractivity contribution in [2.24, 2.45) is 0 Å². The number of aliphatic carboxylic acids is 1. The molecule has 0 spiro atoms. The summed E-state index contributed by atoms with van der Waals surface area (Å²) in [6, 6.07) is 6.08. The normalized spacial score (nSPS) is 23.0. The highest BCUT2D eigenvalue weighted by Crippen LogP contribution is 2.38. The van der Waals surface area contributed by atoms with Gasteiger partial charge in [0, 0.05) is 6.42 Å². The van der Waals surface area contributed by atoms with E-state index < -0.39 is 27.3 Å². The average Bonchev–Trinajstić information content (AvgIpc) is 2.88. The Bertz CT molecular complexity index is 649. The van der Waals surface area contributed by atoms with Crippen LogP contribution in [0.2, 0.25) is 0 Å². The molecule has 1 aromatic carbocycles. The molecule has 1 aliphatic carbocycles. The van der Waals surface area contributed by atoms with E-state index in [1.165, 1.54) is 4.31 Å². The van der Waals surface area contributed by atoms with E-state index >= 15 is 0 Å². The maximum absolute atomic E-state index is 12.9. The lowest BCUT2D eigenvalue weighted by Crippen LogP contribution is -2.47. The van der Waals surface area contributed by atoms with Crippen LogP contribution in [0.5, 0.6) is 0 Å². The van der Waals surface area contributed by atoms with Crippen molar-refractivity contribution in [3.63, 3.8) is 0 Å². The molecule has 21 heavy (non-hydrogen) atoms. The second-order valence-corrected chi connectivity index (χ2v) is 7.88. The number of sulfonamides is 1. The number of anilines is 1. The molecule has 0 saturated heterocycles. The predicted molar refractivity (Wildman–Crippen MR) is 79.8 cm³/mol. The first-order chi connectivity index (χ1) is 10.0. The summed E-state index contributed by atoms with van der Waals surface area (Å²) in [7, 11) is -3.62. The molecule has 1 saturated carbocycles. The lowest BCUT2D eigenvalue weighted by Gasteiger charge is -2.31. The van der Waals surface area contributed by atoms with E-state index in [1.807, 2.05) is 12.1 Å². The van der Waals surface area contributed by atoms with Crippen LogP contribution in [0.1, 0.15) is 37.7 Å². The second-order valence-electron chi connectivity index (χ2n) is 5.79. The molecule has 3 rings (SSSR count). The molecular formula is C15H19NO4S. The Hall–Kier alpha value is -1.56. The minimum absolute atomic E-state index is 0.247. The Kier molecular flexibility index (Phi) is 3.65. The molecule has 5 nitrogen and oxygen atoms in total. The molecule has 0 aromatic heterocycles. The maximum atomic E-state index is 12.9. The number of fused-ring (bicyclic) bond motifs is 1. The first-order valence-electron chi connectivity index (χ1n) is 7.36. The molecule has 0 radical (unpaired) electrons. The Balaban J connectivity index is 2.02. The summed E-state index contributed by atoms with van der Waals surface area (Å²) in [5, 5.41) is 8.97. The van der Waals surface area contributed by atoms with Gasteiger partial charge in [0.05, 0.1) is 10.9 Å². The van der Waals surface area contributed by atoms with Crippen LogP contribution >= 0.6 is 0 Å². The van der Waals surface area contributed by atoms with Crippen molar-refractivity contribution in [1.82, 2.24) is 0 Å². The molecule has 0 bridgehead atoms. The highest BCUT2D eigenvalue weighted by molar-refractivity contribution is 7.93. The topological polar surface area (TPSA) is 74.7 Å². The van der Waals surface area contributed by atoms with Gasteiger partial charge in [0.15, 0.2) is 0 Å². The molecular weight excluding hydrogens is 290 g/mol. The summed E-state index contributed by atoms with van der Waals surface area (Å²) in [6.45, 7) is 0. The van der Waals surface area contributed by atoms with Gasteiger partial charge in [-0.2, -0.15) is 0 Å². The van der Waals surface area contributed by atoms with E-state index in [-0.39, 0.29) is 6.42 Å². The van der Waals surface area contributed by atoms with Crippen LogP contribution in [0.3, 0.4) is 0 Å². The van der Waals surface area contributed by atoms with Crippen molar-refractivity contribution in [1.29, 1.82) is 0 Å². The van der Waals surface area contributed by atoms with Crippen LogP contribution in [0.4, 0.5) is 5.69 Å². The van der Waals surface area contributed by atoms with E-state index in [1.54, 1.807) is 12.1 Å². The van der Waals surface area contributed by atoms with Gasteiger partial charge in [-0.1, -0.05) is 37.5 Å². The summed E-state index contributed by atoms with van der Waals surface area (Å²) < 4.78 is 27.0. The molecule has 1 unspecified atom stereocenters. The molecule has 0 amide bonds. The van der Waals surface area contributed by atoms with Crippen molar-refractivity contribution in [2.45, 2.75) is 49.8 Å².